The van der Waals surface area contributed by atoms with E-state index in [1.54, 1.807) is 0 Å². The molecule has 1 atom stereocenters. The van der Waals surface area contributed by atoms with Gasteiger partial charge in [-0.3, -0.25) is 4.79 Å². The number of rotatable bonds is 4. The Kier molecular flexibility index (Phi) is 4.28. The minimum absolute atomic E-state index is 0.0963. The van der Waals surface area contributed by atoms with Crippen molar-refractivity contribution in [3.05, 3.63) is 35.4 Å². The Balaban J connectivity index is 2.84. The van der Waals surface area contributed by atoms with Gasteiger partial charge in [-0.2, -0.15) is 13.2 Å². The molecule has 1 rings (SSSR count). The fourth-order valence-corrected chi connectivity index (χ4v) is 1.42. The summed E-state index contributed by atoms with van der Waals surface area (Å²) >= 11 is 0. The Labute approximate surface area is 97.1 Å². The maximum atomic E-state index is 12.3. The molecule has 5 heteroatoms. The molecule has 0 aliphatic heterocycles. The molecule has 2 nitrogen and oxygen atoms in total. The summed E-state index contributed by atoms with van der Waals surface area (Å²) in [6.07, 6.45) is -4.62. The highest BCUT2D eigenvalue weighted by Gasteiger charge is 2.30. The average molecular weight is 246 g/mol. The minimum Gasteiger partial charge on any atom is -0.385 e. The predicted molar refractivity (Wildman–Crippen MR) is 56.7 cm³/mol. The third kappa shape index (κ3) is 3.56. The maximum absolute atomic E-state index is 12.3. The molecule has 0 heterocycles. The number of hydrogen-bond donors (Lipinski definition) is 1. The van der Waals surface area contributed by atoms with E-state index >= 15 is 0 Å². The fraction of sp³-hybridized carbons (Fsp3) is 0.417. The number of hydrogen-bond acceptors (Lipinski definition) is 2. The number of alkyl halides is 3. The van der Waals surface area contributed by atoms with Crippen molar-refractivity contribution >= 4 is 5.78 Å². The van der Waals surface area contributed by atoms with Gasteiger partial charge in [-0.25, -0.2) is 0 Å². The molecule has 0 aliphatic rings. The first kappa shape index (κ1) is 13.7. The van der Waals surface area contributed by atoms with Gasteiger partial charge < -0.3 is 5.11 Å². The molecule has 94 valence electrons. The zero-order valence-corrected chi connectivity index (χ0v) is 9.29. The number of benzene rings is 1. The Hall–Kier alpha value is -1.36. The molecule has 0 spiro atoms. The summed E-state index contributed by atoms with van der Waals surface area (Å²) < 4.78 is 36.8. The molecule has 1 aromatic carbocycles. The summed E-state index contributed by atoms with van der Waals surface area (Å²) in [5.41, 5.74) is -0.710. The van der Waals surface area contributed by atoms with Crippen LogP contribution in [-0.4, -0.2) is 17.0 Å². The molecule has 0 radical (unpaired) electrons. The Morgan fingerprint density at radius 3 is 2.24 bits per heavy atom. The van der Waals surface area contributed by atoms with Gasteiger partial charge in [0.15, 0.2) is 5.78 Å². The molecular formula is C12H13F3O2. The molecule has 1 unspecified atom stereocenters. The maximum Gasteiger partial charge on any atom is 0.416 e. The summed E-state index contributed by atoms with van der Waals surface area (Å²) in [4.78, 5) is 11.6. The second-order valence-corrected chi connectivity index (χ2v) is 3.74. The molecule has 0 aromatic heterocycles. The van der Waals surface area contributed by atoms with E-state index in [2.05, 4.69) is 0 Å². The lowest BCUT2D eigenvalue weighted by molar-refractivity contribution is -0.137. The van der Waals surface area contributed by atoms with Gasteiger partial charge in [-0.15, -0.1) is 0 Å². The third-order valence-corrected chi connectivity index (χ3v) is 2.36. The molecule has 1 aromatic rings. The van der Waals surface area contributed by atoms with Crippen LogP contribution in [0.4, 0.5) is 13.2 Å². The molecule has 0 saturated carbocycles. The van der Waals surface area contributed by atoms with Crippen molar-refractivity contribution in [3.8, 4) is 0 Å². The third-order valence-electron chi connectivity index (χ3n) is 2.36. The van der Waals surface area contributed by atoms with Gasteiger partial charge in [-0.05, 0) is 18.6 Å². The summed E-state index contributed by atoms with van der Waals surface area (Å²) in [6.45, 7) is 1.81. The summed E-state index contributed by atoms with van der Waals surface area (Å²) in [7, 11) is 0. The zero-order valence-electron chi connectivity index (χ0n) is 9.29. The van der Waals surface area contributed by atoms with Crippen molar-refractivity contribution in [2.75, 3.05) is 0 Å². The Morgan fingerprint density at radius 1 is 1.29 bits per heavy atom. The number of carbonyl (C=O) groups excluding carboxylic acids is 1. The van der Waals surface area contributed by atoms with E-state index in [9.17, 15) is 23.1 Å². The molecule has 0 aliphatic carbocycles. The van der Waals surface area contributed by atoms with Crippen LogP contribution in [0.2, 0.25) is 0 Å². The Morgan fingerprint density at radius 2 is 1.82 bits per heavy atom. The fourth-order valence-electron chi connectivity index (χ4n) is 1.42. The lowest BCUT2D eigenvalue weighted by atomic mass is 10.0. The van der Waals surface area contributed by atoms with Crippen molar-refractivity contribution in [1.29, 1.82) is 0 Å². The molecular weight excluding hydrogens is 233 g/mol. The van der Waals surface area contributed by atoms with Gasteiger partial charge in [0, 0.05) is 5.56 Å². The van der Waals surface area contributed by atoms with Crippen molar-refractivity contribution in [3.63, 3.8) is 0 Å². The average Bonchev–Trinajstić information content (AvgIpc) is 2.27. The standard InChI is InChI=1S/C12H13F3O2/c1-2-3-10(16)11(17)8-4-6-9(7-5-8)12(13,14)15/h4-7,10,16H,2-3H2,1H3. The zero-order chi connectivity index (χ0) is 13.1. The highest BCUT2D eigenvalue weighted by molar-refractivity contribution is 5.99. The summed E-state index contributed by atoms with van der Waals surface area (Å²) in [5.74, 6) is -0.541. The normalized spacial score (nSPS) is 13.5. The monoisotopic (exact) mass is 246 g/mol. The highest BCUT2D eigenvalue weighted by Crippen LogP contribution is 2.29. The smallest absolute Gasteiger partial charge is 0.385 e. The lowest BCUT2D eigenvalue weighted by Crippen LogP contribution is -2.20. The van der Waals surface area contributed by atoms with Crippen molar-refractivity contribution in [2.24, 2.45) is 0 Å². The van der Waals surface area contributed by atoms with Gasteiger partial charge in [0.2, 0.25) is 0 Å². The highest BCUT2D eigenvalue weighted by atomic mass is 19.4. The second kappa shape index (κ2) is 5.31. The molecule has 0 saturated heterocycles. The van der Waals surface area contributed by atoms with Gasteiger partial charge in [0.1, 0.15) is 6.10 Å². The van der Waals surface area contributed by atoms with Crippen LogP contribution in [0.1, 0.15) is 35.7 Å². The van der Waals surface area contributed by atoms with Crippen LogP contribution in [0.15, 0.2) is 24.3 Å². The van der Waals surface area contributed by atoms with Gasteiger partial charge in [0.05, 0.1) is 5.56 Å². The first-order valence-electron chi connectivity index (χ1n) is 5.25. The van der Waals surface area contributed by atoms with E-state index in [4.69, 9.17) is 0 Å². The van der Waals surface area contributed by atoms with E-state index in [1.165, 1.54) is 0 Å². The number of aliphatic hydroxyl groups excluding tert-OH is 1. The van der Waals surface area contributed by atoms with E-state index in [1.807, 2.05) is 6.92 Å². The van der Waals surface area contributed by atoms with Crippen molar-refractivity contribution in [2.45, 2.75) is 32.0 Å². The van der Waals surface area contributed by atoms with Crippen LogP contribution in [-0.2, 0) is 6.18 Å². The summed E-state index contributed by atoms with van der Waals surface area (Å²) in [6, 6.07) is 3.85. The molecule has 0 fully saturated rings. The quantitative estimate of drug-likeness (QED) is 0.829. The van der Waals surface area contributed by atoms with Crippen molar-refractivity contribution in [1.82, 2.24) is 0 Å². The van der Waals surface area contributed by atoms with E-state index < -0.39 is 23.6 Å². The van der Waals surface area contributed by atoms with E-state index in [0.29, 0.717) is 12.8 Å². The molecule has 0 amide bonds. The number of halogens is 3. The van der Waals surface area contributed by atoms with Crippen LogP contribution < -0.4 is 0 Å². The van der Waals surface area contributed by atoms with Crippen LogP contribution in [0.5, 0.6) is 0 Å². The predicted octanol–water partition coefficient (Wildman–Crippen LogP) is 3.05. The molecule has 1 N–H and O–H groups in total. The van der Waals surface area contributed by atoms with Gasteiger partial charge in [0.25, 0.3) is 0 Å². The van der Waals surface area contributed by atoms with Crippen molar-refractivity contribution < 1.29 is 23.1 Å². The Bertz CT molecular complexity index is 382. The van der Waals surface area contributed by atoms with E-state index in [-0.39, 0.29) is 5.56 Å². The molecule has 17 heavy (non-hydrogen) atoms. The number of aliphatic hydroxyl groups is 1. The van der Waals surface area contributed by atoms with Crippen LogP contribution in [0, 0.1) is 0 Å². The second-order valence-electron chi connectivity index (χ2n) is 3.74. The number of Topliss-reactive ketones (excluding diaryl/α,β-unsaturated/α-hetero) is 1. The number of ketones is 1. The van der Waals surface area contributed by atoms with Crippen LogP contribution >= 0.6 is 0 Å². The SMILES string of the molecule is CCCC(O)C(=O)c1ccc(C(F)(F)F)cc1. The first-order valence-corrected chi connectivity index (χ1v) is 5.25. The lowest BCUT2D eigenvalue weighted by Gasteiger charge is -2.10. The van der Waals surface area contributed by atoms with Crippen LogP contribution in [0.25, 0.3) is 0 Å². The van der Waals surface area contributed by atoms with Crippen LogP contribution in [0.3, 0.4) is 0 Å². The van der Waals surface area contributed by atoms with Gasteiger partial charge in [-0.1, -0.05) is 25.5 Å². The largest absolute Gasteiger partial charge is 0.416 e. The van der Waals surface area contributed by atoms with E-state index in [0.717, 1.165) is 24.3 Å². The minimum atomic E-state index is -4.41. The van der Waals surface area contributed by atoms with Gasteiger partial charge >= 0.3 is 6.18 Å². The molecule has 0 bridgehead atoms. The number of carbonyl (C=O) groups is 1. The summed E-state index contributed by atoms with van der Waals surface area (Å²) in [5, 5.41) is 9.43. The first-order chi connectivity index (χ1) is 7.86. The topological polar surface area (TPSA) is 37.3 Å².